The van der Waals surface area contributed by atoms with Gasteiger partial charge in [0.2, 0.25) is 0 Å². The fourth-order valence-electron chi connectivity index (χ4n) is 7.93. The van der Waals surface area contributed by atoms with E-state index >= 15 is 0 Å². The Labute approximate surface area is 179 Å². The predicted molar refractivity (Wildman–Crippen MR) is 114 cm³/mol. The van der Waals surface area contributed by atoms with E-state index < -0.39 is 17.1 Å². The zero-order valence-electron chi connectivity index (χ0n) is 18.3. The Kier molecular flexibility index (Phi) is 4.40. The van der Waals surface area contributed by atoms with Gasteiger partial charge >= 0.3 is 0 Å². The molecule has 5 rings (SSSR count). The van der Waals surface area contributed by atoms with Gasteiger partial charge in [-0.1, -0.05) is 31.4 Å². The van der Waals surface area contributed by atoms with E-state index in [1.165, 1.54) is 5.57 Å². The second-order valence-corrected chi connectivity index (χ2v) is 10.9. The summed E-state index contributed by atoms with van der Waals surface area (Å²) < 4.78 is 6.11. The lowest BCUT2D eigenvalue weighted by molar-refractivity contribution is -0.157. The van der Waals surface area contributed by atoms with Crippen molar-refractivity contribution in [3.05, 3.63) is 35.3 Å². The Morgan fingerprint density at radius 2 is 1.93 bits per heavy atom. The van der Waals surface area contributed by atoms with E-state index in [2.05, 4.69) is 31.9 Å². The van der Waals surface area contributed by atoms with Gasteiger partial charge in [0, 0.05) is 11.3 Å². The molecule has 0 bridgehead atoms. The first-order valence-electron chi connectivity index (χ1n) is 11.5. The molecule has 1 aromatic heterocycles. The van der Waals surface area contributed by atoms with E-state index in [0.29, 0.717) is 19.3 Å². The summed E-state index contributed by atoms with van der Waals surface area (Å²) >= 11 is 0. The Morgan fingerprint density at radius 3 is 2.60 bits per heavy atom. The molecule has 0 saturated heterocycles. The fraction of sp³-hybridized carbons (Fsp3) is 0.692. The van der Waals surface area contributed by atoms with E-state index in [-0.39, 0.29) is 35.2 Å². The minimum atomic E-state index is -1.18. The van der Waals surface area contributed by atoms with Crippen molar-refractivity contribution in [2.24, 2.45) is 28.6 Å². The molecule has 2 unspecified atom stereocenters. The minimum Gasteiger partial charge on any atom is -0.466 e. The average molecular weight is 411 g/mol. The molecule has 1 aromatic rings. The van der Waals surface area contributed by atoms with Crippen LogP contribution in [0.3, 0.4) is 0 Å². The fourth-order valence-corrected chi connectivity index (χ4v) is 7.93. The van der Waals surface area contributed by atoms with Crippen molar-refractivity contribution < 1.29 is 19.7 Å². The molecule has 162 valence electrons. The van der Waals surface area contributed by atoms with Crippen LogP contribution in [0.1, 0.15) is 69.8 Å². The Morgan fingerprint density at radius 1 is 1.17 bits per heavy atom. The molecular weight excluding hydrogens is 376 g/mol. The van der Waals surface area contributed by atoms with Gasteiger partial charge in [-0.25, -0.2) is 0 Å². The van der Waals surface area contributed by atoms with E-state index in [4.69, 9.17) is 10.8 Å². The first-order chi connectivity index (χ1) is 14.1. The maximum atomic E-state index is 11.6. The monoisotopic (exact) mass is 410 g/mol. The van der Waals surface area contributed by atoms with Crippen molar-refractivity contribution in [1.82, 2.24) is 0 Å². The zero-order valence-corrected chi connectivity index (χ0v) is 18.3. The van der Waals surface area contributed by atoms with Gasteiger partial charge in [-0.05, 0) is 80.8 Å². The van der Waals surface area contributed by atoms with Gasteiger partial charge in [-0.15, -0.1) is 6.42 Å². The van der Waals surface area contributed by atoms with Crippen LogP contribution >= 0.6 is 0 Å². The van der Waals surface area contributed by atoms with Crippen molar-refractivity contribution in [1.29, 1.82) is 0 Å². The van der Waals surface area contributed by atoms with Crippen LogP contribution in [0.2, 0.25) is 0 Å². The van der Waals surface area contributed by atoms with Gasteiger partial charge in [-0.3, -0.25) is 0 Å². The third kappa shape index (κ3) is 2.52. The van der Waals surface area contributed by atoms with Crippen LogP contribution in [-0.2, 0) is 0 Å². The number of rotatable bonds is 1. The molecule has 0 aliphatic heterocycles. The molecule has 4 heteroatoms. The molecule has 30 heavy (non-hydrogen) atoms. The standard InChI is InChI=1S/C26H34O4/c1-5-26(29)11-9-19-22-18(21-7-6-15(2)30-21)13-16-12-17(27)8-10-24(16,3)23(22)20(28)14-25(19,26)4/h1,6-7,13,17-20,22-23,27-29H,8-12,14H2,2-4H3/t17-,18-,19-,20+,22-,23?,24-,25-,26?/m0/s1. The predicted octanol–water partition coefficient (Wildman–Crippen LogP) is 3.94. The SMILES string of the molecule is C#CC1(O)CC[C@H]2[C@H]3C([C@H](O)C[C@@]21C)[C@@]1(C)CC[C@H](O)CC1=C[C@H]3c1ccc(C)o1. The van der Waals surface area contributed by atoms with Crippen molar-refractivity contribution in [3.8, 4) is 12.3 Å². The lowest BCUT2D eigenvalue weighted by Gasteiger charge is -2.61. The Bertz CT molecular complexity index is 924. The van der Waals surface area contributed by atoms with Crippen molar-refractivity contribution in [3.63, 3.8) is 0 Å². The molecule has 3 fully saturated rings. The first-order valence-corrected chi connectivity index (χ1v) is 11.5. The second-order valence-electron chi connectivity index (χ2n) is 10.9. The number of terminal acetylenes is 1. The molecule has 3 N–H and O–H groups in total. The van der Waals surface area contributed by atoms with Crippen LogP contribution in [0.4, 0.5) is 0 Å². The molecule has 4 nitrogen and oxygen atoms in total. The van der Waals surface area contributed by atoms with E-state index in [1.54, 1.807) is 0 Å². The summed E-state index contributed by atoms with van der Waals surface area (Å²) in [6.07, 6.45) is 11.6. The first kappa shape index (κ1) is 20.4. The van der Waals surface area contributed by atoms with Gasteiger partial charge in [-0.2, -0.15) is 0 Å². The third-order valence-electron chi connectivity index (χ3n) is 9.55. The number of fused-ring (bicyclic) bond motifs is 5. The van der Waals surface area contributed by atoms with Crippen LogP contribution in [0.25, 0.3) is 0 Å². The molecule has 0 amide bonds. The second kappa shape index (κ2) is 6.48. The molecule has 0 spiro atoms. The molecule has 0 aromatic carbocycles. The van der Waals surface area contributed by atoms with E-state index in [9.17, 15) is 15.3 Å². The Balaban J connectivity index is 1.69. The smallest absolute Gasteiger partial charge is 0.130 e. The number of furan rings is 1. The highest BCUT2D eigenvalue weighted by atomic mass is 16.3. The number of aryl methyl sites for hydroxylation is 1. The number of hydrogen-bond donors (Lipinski definition) is 3. The Hall–Kier alpha value is -1.54. The minimum absolute atomic E-state index is 0.0245. The van der Waals surface area contributed by atoms with Gasteiger partial charge < -0.3 is 19.7 Å². The maximum Gasteiger partial charge on any atom is 0.130 e. The average Bonchev–Trinajstić information content (AvgIpc) is 3.23. The summed E-state index contributed by atoms with van der Waals surface area (Å²) in [5.41, 5.74) is -0.576. The summed E-state index contributed by atoms with van der Waals surface area (Å²) in [7, 11) is 0. The molecule has 0 radical (unpaired) electrons. The topological polar surface area (TPSA) is 73.8 Å². The van der Waals surface area contributed by atoms with Crippen molar-refractivity contribution >= 4 is 0 Å². The number of hydrogen-bond acceptors (Lipinski definition) is 4. The highest BCUT2D eigenvalue weighted by Crippen LogP contribution is 2.69. The summed E-state index contributed by atoms with van der Waals surface area (Å²) in [5.74, 6) is 4.95. The van der Waals surface area contributed by atoms with Crippen LogP contribution in [0, 0.1) is 47.9 Å². The molecule has 4 aliphatic rings. The van der Waals surface area contributed by atoms with Crippen molar-refractivity contribution in [2.45, 2.75) is 83.0 Å². The van der Waals surface area contributed by atoms with Crippen LogP contribution in [0.15, 0.2) is 28.2 Å². The summed E-state index contributed by atoms with van der Waals surface area (Å²) in [6.45, 7) is 6.32. The molecule has 4 aliphatic carbocycles. The van der Waals surface area contributed by atoms with Crippen LogP contribution < -0.4 is 0 Å². The molecule has 1 heterocycles. The van der Waals surface area contributed by atoms with E-state index in [0.717, 1.165) is 30.8 Å². The van der Waals surface area contributed by atoms with Crippen molar-refractivity contribution in [2.75, 3.05) is 0 Å². The molecule has 3 saturated carbocycles. The van der Waals surface area contributed by atoms with Gasteiger partial charge in [0.15, 0.2) is 0 Å². The lowest BCUT2D eigenvalue weighted by atomic mass is 9.44. The summed E-state index contributed by atoms with van der Waals surface area (Å²) in [4.78, 5) is 0. The highest BCUT2D eigenvalue weighted by molar-refractivity contribution is 5.35. The largest absolute Gasteiger partial charge is 0.466 e. The number of aliphatic hydroxyl groups is 3. The zero-order chi connectivity index (χ0) is 21.5. The maximum absolute atomic E-state index is 11.6. The summed E-state index contributed by atoms with van der Waals surface area (Å²) in [6, 6.07) is 4.05. The lowest BCUT2D eigenvalue weighted by Crippen LogP contribution is -2.60. The highest BCUT2D eigenvalue weighted by Gasteiger charge is 2.67. The molecule has 9 atom stereocenters. The number of allylic oxidation sites excluding steroid dienone is 1. The van der Waals surface area contributed by atoms with Gasteiger partial charge in [0.1, 0.15) is 17.1 Å². The van der Waals surface area contributed by atoms with Crippen LogP contribution in [-0.4, -0.2) is 33.1 Å². The van der Waals surface area contributed by atoms with E-state index in [1.807, 2.05) is 13.0 Å². The van der Waals surface area contributed by atoms with Crippen LogP contribution in [0.5, 0.6) is 0 Å². The normalized spacial score (nSPS) is 50.1. The third-order valence-corrected chi connectivity index (χ3v) is 9.55. The summed E-state index contributed by atoms with van der Waals surface area (Å²) in [5, 5.41) is 33.3. The van der Waals surface area contributed by atoms with Gasteiger partial charge in [0.05, 0.1) is 12.2 Å². The van der Waals surface area contributed by atoms with Gasteiger partial charge in [0.25, 0.3) is 0 Å². The quantitative estimate of drug-likeness (QED) is 0.484. The molecular formula is C26H34O4. The number of aliphatic hydroxyl groups excluding tert-OH is 2.